The standard InChI is InChI=1S/C35H41ClFN3O6S/c1-45-25-10-12-39(13-11-25)23-16-24(19-46-26-8-6-21(7-9-26)35(43)44)40(18-23)33(41)15-22-14-29(36)31(17-30(22)37)38-34(42)28-20-47-32-5-3-2-4-27(28)32/h2-5,14,17,20-21,23-26H,6-13,15-16,18-19H2,1H3,(H,38,42)(H,43,44)/t21-,23-,24-,26-/m0/s1. The van der Waals surface area contributed by atoms with E-state index in [0.29, 0.717) is 44.4 Å². The molecule has 12 heteroatoms. The van der Waals surface area contributed by atoms with Crippen molar-refractivity contribution in [2.24, 2.45) is 5.92 Å². The van der Waals surface area contributed by atoms with Crippen molar-refractivity contribution in [3.8, 4) is 0 Å². The minimum Gasteiger partial charge on any atom is -0.481 e. The first kappa shape index (κ1) is 33.8. The molecule has 2 aliphatic heterocycles. The highest BCUT2D eigenvalue weighted by molar-refractivity contribution is 7.17. The normalized spacial score (nSPS) is 24.1. The number of halogens is 2. The summed E-state index contributed by atoms with van der Waals surface area (Å²) >= 11 is 7.99. The number of nitrogens with one attached hydrogen (secondary N) is 1. The molecule has 2 amide bonds. The quantitative estimate of drug-likeness (QED) is 0.261. The van der Waals surface area contributed by atoms with Gasteiger partial charge in [0.1, 0.15) is 5.82 Å². The number of benzene rings is 2. The topological polar surface area (TPSA) is 108 Å². The number of methoxy groups -OCH3 is 1. The zero-order valence-corrected chi connectivity index (χ0v) is 28.0. The van der Waals surface area contributed by atoms with Gasteiger partial charge in [-0.05, 0) is 68.7 Å². The Hall–Kier alpha value is -3.09. The van der Waals surface area contributed by atoms with Gasteiger partial charge in [0.25, 0.3) is 5.91 Å². The Bertz CT molecular complexity index is 1600. The van der Waals surface area contributed by atoms with Crippen LogP contribution in [0, 0.1) is 11.7 Å². The number of amides is 2. The predicted octanol–water partition coefficient (Wildman–Crippen LogP) is 6.23. The molecule has 47 heavy (non-hydrogen) atoms. The Labute approximate surface area is 283 Å². The molecular weight excluding hydrogens is 645 g/mol. The fraction of sp³-hybridized carbons (Fsp3) is 0.514. The Morgan fingerprint density at radius 1 is 1.06 bits per heavy atom. The summed E-state index contributed by atoms with van der Waals surface area (Å²) < 4.78 is 28.3. The fourth-order valence-corrected chi connectivity index (χ4v) is 8.42. The van der Waals surface area contributed by atoms with Gasteiger partial charge < -0.3 is 24.8 Å². The summed E-state index contributed by atoms with van der Waals surface area (Å²) in [6.45, 7) is 2.65. The molecule has 2 atom stereocenters. The van der Waals surface area contributed by atoms with E-state index < -0.39 is 11.8 Å². The van der Waals surface area contributed by atoms with Crippen LogP contribution >= 0.6 is 22.9 Å². The van der Waals surface area contributed by atoms with Gasteiger partial charge in [0.2, 0.25) is 5.91 Å². The molecule has 0 spiro atoms. The van der Waals surface area contributed by atoms with Crippen LogP contribution in [0.4, 0.5) is 10.1 Å². The van der Waals surface area contributed by atoms with E-state index in [2.05, 4.69) is 10.2 Å². The first-order valence-corrected chi connectivity index (χ1v) is 17.6. The number of aliphatic carboxylic acids is 1. The van der Waals surface area contributed by atoms with Crippen molar-refractivity contribution >= 4 is 56.5 Å². The molecule has 1 aromatic heterocycles. The molecule has 3 aliphatic rings. The number of rotatable bonds is 10. The van der Waals surface area contributed by atoms with E-state index in [4.69, 9.17) is 21.1 Å². The number of carbonyl (C=O) groups is 3. The summed E-state index contributed by atoms with van der Waals surface area (Å²) in [5.74, 6) is -2.29. The third-order valence-corrected chi connectivity index (χ3v) is 11.3. The molecule has 0 radical (unpaired) electrons. The second kappa shape index (κ2) is 15.0. The highest BCUT2D eigenvalue weighted by Gasteiger charge is 2.40. The lowest BCUT2D eigenvalue weighted by Gasteiger charge is -2.35. The number of thiophene rings is 1. The molecule has 6 rings (SSSR count). The number of fused-ring (bicyclic) bond motifs is 1. The van der Waals surface area contributed by atoms with Gasteiger partial charge in [-0.25, -0.2) is 4.39 Å². The SMILES string of the molecule is COC1CCN([C@H]2C[C@@H](CO[C@H]3CC[C@H](C(=O)O)CC3)N(C(=O)Cc3cc(Cl)c(NC(=O)c4csc5ccccc45)cc3F)C2)CC1. The summed E-state index contributed by atoms with van der Waals surface area (Å²) in [4.78, 5) is 42.5. The lowest BCUT2D eigenvalue weighted by Crippen LogP contribution is -2.45. The smallest absolute Gasteiger partial charge is 0.306 e. The monoisotopic (exact) mass is 685 g/mol. The third-order valence-electron chi connectivity index (χ3n) is 10.0. The first-order chi connectivity index (χ1) is 22.7. The van der Waals surface area contributed by atoms with Crippen LogP contribution in [-0.2, 0) is 25.5 Å². The number of nitrogens with zero attached hydrogens (tertiary/aromatic N) is 2. The van der Waals surface area contributed by atoms with Gasteiger partial charge in [0.05, 0.1) is 53.5 Å². The number of carboxylic acids is 1. The zero-order valence-electron chi connectivity index (χ0n) is 26.5. The van der Waals surface area contributed by atoms with Gasteiger partial charge in [-0.15, -0.1) is 11.3 Å². The second-order valence-corrected chi connectivity index (χ2v) is 14.2. The van der Waals surface area contributed by atoms with Crippen molar-refractivity contribution in [2.75, 3.05) is 38.7 Å². The van der Waals surface area contributed by atoms with E-state index in [1.165, 1.54) is 23.5 Å². The average molecular weight is 686 g/mol. The Balaban J connectivity index is 1.12. The van der Waals surface area contributed by atoms with Gasteiger partial charge in [-0.3, -0.25) is 19.3 Å². The van der Waals surface area contributed by atoms with Gasteiger partial charge >= 0.3 is 5.97 Å². The van der Waals surface area contributed by atoms with E-state index in [9.17, 15) is 19.5 Å². The third kappa shape index (κ3) is 7.81. The molecule has 2 aromatic carbocycles. The van der Waals surface area contributed by atoms with Crippen molar-refractivity contribution in [3.63, 3.8) is 0 Å². The van der Waals surface area contributed by atoms with Crippen molar-refractivity contribution < 1.29 is 33.4 Å². The Morgan fingerprint density at radius 2 is 1.81 bits per heavy atom. The number of likely N-dealkylation sites (tertiary alicyclic amines) is 2. The number of ether oxygens (including phenoxy) is 2. The van der Waals surface area contributed by atoms with Crippen LogP contribution in [0.3, 0.4) is 0 Å². The highest BCUT2D eigenvalue weighted by atomic mass is 35.5. The van der Waals surface area contributed by atoms with Gasteiger partial charge in [0, 0.05) is 48.3 Å². The number of hydrogen-bond acceptors (Lipinski definition) is 7. The maximum Gasteiger partial charge on any atom is 0.306 e. The van der Waals surface area contributed by atoms with E-state index >= 15 is 4.39 Å². The molecule has 1 saturated carbocycles. The molecule has 2 N–H and O–H groups in total. The maximum atomic E-state index is 15.5. The molecule has 0 bridgehead atoms. The van der Waals surface area contributed by atoms with E-state index in [-0.39, 0.29) is 64.7 Å². The van der Waals surface area contributed by atoms with Gasteiger partial charge in [-0.2, -0.15) is 0 Å². The largest absolute Gasteiger partial charge is 0.481 e. The van der Waals surface area contributed by atoms with Crippen LogP contribution in [-0.4, -0.2) is 90.3 Å². The average Bonchev–Trinajstić information content (AvgIpc) is 3.71. The molecular formula is C35H41ClFN3O6S. The van der Waals surface area contributed by atoms with Crippen molar-refractivity contribution in [2.45, 2.75) is 75.7 Å². The summed E-state index contributed by atoms with van der Waals surface area (Å²) in [5.41, 5.74) is 0.791. The fourth-order valence-electron chi connectivity index (χ4n) is 7.25. The minimum atomic E-state index is -0.755. The maximum absolute atomic E-state index is 15.5. The number of piperidine rings is 1. The van der Waals surface area contributed by atoms with Crippen LogP contribution < -0.4 is 5.32 Å². The summed E-state index contributed by atoms with van der Waals surface area (Å²) in [5, 5.41) is 14.8. The summed E-state index contributed by atoms with van der Waals surface area (Å²) in [6.07, 6.45) is 5.19. The van der Waals surface area contributed by atoms with Gasteiger partial charge in [-0.1, -0.05) is 29.8 Å². The van der Waals surface area contributed by atoms with Crippen LogP contribution in [0.15, 0.2) is 41.8 Å². The lowest BCUT2D eigenvalue weighted by molar-refractivity contribution is -0.144. The molecule has 9 nitrogen and oxygen atoms in total. The molecule has 2 saturated heterocycles. The molecule has 1 aliphatic carbocycles. The molecule has 3 fully saturated rings. The van der Waals surface area contributed by atoms with Crippen LogP contribution in [0.25, 0.3) is 10.1 Å². The number of anilines is 1. The Kier molecular flexibility index (Phi) is 10.8. The van der Waals surface area contributed by atoms with Gasteiger partial charge in [0.15, 0.2) is 0 Å². The Morgan fingerprint density at radius 3 is 2.53 bits per heavy atom. The van der Waals surface area contributed by atoms with Crippen LogP contribution in [0.2, 0.25) is 5.02 Å². The van der Waals surface area contributed by atoms with Crippen molar-refractivity contribution in [1.82, 2.24) is 9.80 Å². The summed E-state index contributed by atoms with van der Waals surface area (Å²) in [6, 6.07) is 10.1. The lowest BCUT2D eigenvalue weighted by atomic mass is 9.87. The number of hydrogen-bond donors (Lipinski definition) is 2. The molecule has 252 valence electrons. The molecule has 0 unspecified atom stereocenters. The second-order valence-electron chi connectivity index (χ2n) is 12.9. The van der Waals surface area contributed by atoms with E-state index in [0.717, 1.165) is 42.4 Å². The first-order valence-electron chi connectivity index (χ1n) is 16.4. The van der Waals surface area contributed by atoms with Crippen LogP contribution in [0.1, 0.15) is 60.9 Å². The molecule has 3 aromatic rings. The number of carbonyl (C=O) groups excluding carboxylic acids is 2. The molecule has 3 heterocycles. The van der Waals surface area contributed by atoms with Crippen LogP contribution in [0.5, 0.6) is 0 Å². The van der Waals surface area contributed by atoms with E-state index in [1.54, 1.807) is 12.5 Å². The predicted molar refractivity (Wildman–Crippen MR) is 180 cm³/mol. The van der Waals surface area contributed by atoms with Crippen molar-refractivity contribution in [1.29, 1.82) is 0 Å². The minimum absolute atomic E-state index is 0.0369. The van der Waals surface area contributed by atoms with Crippen molar-refractivity contribution in [3.05, 3.63) is 63.7 Å². The highest BCUT2D eigenvalue weighted by Crippen LogP contribution is 2.32. The zero-order chi connectivity index (χ0) is 33.1. The van der Waals surface area contributed by atoms with E-state index in [1.807, 2.05) is 29.2 Å². The number of carboxylic acid groups (broad SMARTS) is 1. The summed E-state index contributed by atoms with van der Waals surface area (Å²) in [7, 11) is 1.74.